The lowest BCUT2D eigenvalue weighted by Gasteiger charge is -1.71. The molecule has 0 bridgehead atoms. The van der Waals surface area contributed by atoms with Crippen molar-refractivity contribution in [3.8, 4) is 0 Å². The van der Waals surface area contributed by atoms with Crippen molar-refractivity contribution in [2.75, 3.05) is 0 Å². The largest absolute Gasteiger partial charge is 0.288 e. The molecule has 0 radical (unpaired) electrons. The Morgan fingerprint density at radius 2 is 2.43 bits per heavy atom. The van der Waals surface area contributed by atoms with E-state index in [-0.39, 0.29) is 5.78 Å². The van der Waals surface area contributed by atoms with Gasteiger partial charge in [0.25, 0.3) is 0 Å². The third-order valence-corrected chi connectivity index (χ3v) is 0.747. The maximum absolute atomic E-state index is 10.2. The number of aliphatic imine (C=N–C) groups is 1. The monoisotopic (exact) mass is 95.0 g/mol. The number of hydrogen-bond acceptors (Lipinski definition) is 2. The van der Waals surface area contributed by atoms with Gasteiger partial charge in [-0.15, -0.1) is 0 Å². The lowest BCUT2D eigenvalue weighted by atomic mass is 10.4. The first kappa shape index (κ1) is 4.24. The zero-order valence-corrected chi connectivity index (χ0v) is 4.01. The topological polar surface area (TPSA) is 29.4 Å². The van der Waals surface area contributed by atoms with Crippen LogP contribution in [0.2, 0.25) is 0 Å². The molecule has 1 aliphatic heterocycles. The quantitative estimate of drug-likeness (QED) is 0.432. The van der Waals surface area contributed by atoms with Crippen LogP contribution in [0.25, 0.3) is 0 Å². The Bertz CT molecular complexity index is 155. The van der Waals surface area contributed by atoms with Crippen LogP contribution >= 0.6 is 0 Å². The normalized spacial score (nSPS) is 17.9. The molecule has 1 aliphatic rings. The van der Waals surface area contributed by atoms with Crippen molar-refractivity contribution in [3.63, 3.8) is 0 Å². The van der Waals surface area contributed by atoms with Gasteiger partial charge in [0.15, 0.2) is 5.78 Å². The molecule has 0 aromatic heterocycles. The van der Waals surface area contributed by atoms with Crippen molar-refractivity contribution >= 4 is 12.0 Å². The van der Waals surface area contributed by atoms with Crippen LogP contribution in [0, 0.1) is 0 Å². The molecular formula is C5H5NO. The van der Waals surface area contributed by atoms with Gasteiger partial charge in [-0.05, 0) is 6.92 Å². The molecule has 0 aromatic rings. The first-order valence-electron chi connectivity index (χ1n) is 2.05. The van der Waals surface area contributed by atoms with E-state index in [0.717, 1.165) is 5.70 Å². The van der Waals surface area contributed by atoms with E-state index in [1.807, 2.05) is 0 Å². The van der Waals surface area contributed by atoms with Gasteiger partial charge < -0.3 is 0 Å². The van der Waals surface area contributed by atoms with Gasteiger partial charge in [0.1, 0.15) is 0 Å². The summed E-state index contributed by atoms with van der Waals surface area (Å²) in [5.41, 5.74) is 0.796. The number of allylic oxidation sites excluding steroid dienone is 2. The molecule has 0 unspecified atom stereocenters. The molecule has 0 saturated carbocycles. The highest BCUT2D eigenvalue weighted by molar-refractivity contribution is 6.34. The number of rotatable bonds is 0. The molecule has 1 heterocycles. The van der Waals surface area contributed by atoms with Gasteiger partial charge in [0.05, 0.1) is 6.21 Å². The summed E-state index contributed by atoms with van der Waals surface area (Å²) in [6.07, 6.45) is 2.81. The summed E-state index contributed by atoms with van der Waals surface area (Å²) in [5, 5.41) is 0. The maximum Gasteiger partial charge on any atom is 0.198 e. The highest BCUT2D eigenvalue weighted by Crippen LogP contribution is 1.98. The predicted octanol–water partition coefficient (Wildman–Crippen LogP) is 0.544. The Morgan fingerprint density at radius 3 is 2.57 bits per heavy atom. The van der Waals surface area contributed by atoms with E-state index in [1.165, 1.54) is 12.3 Å². The summed E-state index contributed by atoms with van der Waals surface area (Å²) in [4.78, 5) is 13.9. The first-order chi connectivity index (χ1) is 3.29. The number of ketones is 1. The van der Waals surface area contributed by atoms with Gasteiger partial charge in [0, 0.05) is 11.8 Å². The molecule has 0 aromatic carbocycles. The van der Waals surface area contributed by atoms with Crippen molar-refractivity contribution in [2.45, 2.75) is 6.92 Å². The summed E-state index contributed by atoms with van der Waals surface area (Å²) in [5.74, 6) is -0.00231. The fraction of sp³-hybridized carbons (Fsp3) is 0.200. The van der Waals surface area contributed by atoms with Gasteiger partial charge in [-0.1, -0.05) is 0 Å². The minimum Gasteiger partial charge on any atom is -0.288 e. The molecule has 0 aliphatic carbocycles. The zero-order chi connectivity index (χ0) is 5.28. The van der Waals surface area contributed by atoms with Crippen LogP contribution in [0.1, 0.15) is 6.92 Å². The molecule has 1 rings (SSSR count). The molecule has 0 saturated heterocycles. The fourth-order valence-electron chi connectivity index (χ4n) is 0.446. The molecular weight excluding hydrogens is 90.1 g/mol. The number of nitrogens with zero attached hydrogens (tertiary/aromatic N) is 1. The highest BCUT2D eigenvalue weighted by atomic mass is 16.1. The minimum atomic E-state index is -0.00231. The lowest BCUT2D eigenvalue weighted by Crippen LogP contribution is -1.84. The molecule has 2 heteroatoms. The van der Waals surface area contributed by atoms with Gasteiger partial charge in [-0.3, -0.25) is 9.79 Å². The standard InChI is InChI=1S/C5H5NO/c1-4-2-5(7)3-6-4/h2-3H,1H3. The molecule has 7 heavy (non-hydrogen) atoms. The summed E-state index contributed by atoms with van der Waals surface area (Å²) >= 11 is 0. The molecule has 2 nitrogen and oxygen atoms in total. The van der Waals surface area contributed by atoms with Crippen molar-refractivity contribution < 1.29 is 4.79 Å². The van der Waals surface area contributed by atoms with E-state index in [9.17, 15) is 4.79 Å². The van der Waals surface area contributed by atoms with Gasteiger partial charge in [-0.2, -0.15) is 0 Å². The van der Waals surface area contributed by atoms with E-state index in [1.54, 1.807) is 6.92 Å². The Balaban J connectivity index is 2.88. The average Bonchev–Trinajstić information content (AvgIpc) is 1.87. The fourth-order valence-corrected chi connectivity index (χ4v) is 0.446. The number of carbonyl (C=O) groups is 1. The molecule has 0 spiro atoms. The zero-order valence-electron chi connectivity index (χ0n) is 4.01. The smallest absolute Gasteiger partial charge is 0.198 e. The summed E-state index contributed by atoms with van der Waals surface area (Å²) in [6, 6.07) is 0. The van der Waals surface area contributed by atoms with Gasteiger partial charge in [0.2, 0.25) is 0 Å². The second-order valence-corrected chi connectivity index (χ2v) is 1.45. The van der Waals surface area contributed by atoms with Crippen LogP contribution in [-0.4, -0.2) is 12.0 Å². The minimum absolute atomic E-state index is 0.00231. The number of carbonyl (C=O) groups excluding carboxylic acids is 1. The van der Waals surface area contributed by atoms with Crippen LogP contribution < -0.4 is 0 Å². The van der Waals surface area contributed by atoms with E-state index in [2.05, 4.69) is 4.99 Å². The molecule has 0 atom stereocenters. The summed E-state index contributed by atoms with van der Waals surface area (Å²) in [6.45, 7) is 1.79. The summed E-state index contributed by atoms with van der Waals surface area (Å²) in [7, 11) is 0. The third kappa shape index (κ3) is 0.738. The summed E-state index contributed by atoms with van der Waals surface area (Å²) < 4.78 is 0. The van der Waals surface area contributed by atoms with Crippen molar-refractivity contribution in [1.82, 2.24) is 0 Å². The van der Waals surface area contributed by atoms with Crippen LogP contribution in [-0.2, 0) is 4.79 Å². The Morgan fingerprint density at radius 1 is 1.71 bits per heavy atom. The van der Waals surface area contributed by atoms with E-state index in [0.29, 0.717) is 0 Å². The Hall–Kier alpha value is -0.920. The van der Waals surface area contributed by atoms with Gasteiger partial charge in [-0.25, -0.2) is 0 Å². The lowest BCUT2D eigenvalue weighted by molar-refractivity contribution is -0.108. The molecule has 0 fully saturated rings. The van der Waals surface area contributed by atoms with Crippen LogP contribution in [0.4, 0.5) is 0 Å². The van der Waals surface area contributed by atoms with Crippen LogP contribution in [0.3, 0.4) is 0 Å². The van der Waals surface area contributed by atoms with Crippen LogP contribution in [0.15, 0.2) is 16.8 Å². The average molecular weight is 95.1 g/mol. The van der Waals surface area contributed by atoms with Crippen molar-refractivity contribution in [3.05, 3.63) is 11.8 Å². The SMILES string of the molecule is CC1=CC(=O)C=N1. The van der Waals surface area contributed by atoms with E-state index >= 15 is 0 Å². The Kier molecular flexibility index (Phi) is 0.785. The Labute approximate surface area is 41.6 Å². The maximum atomic E-state index is 10.2. The van der Waals surface area contributed by atoms with Crippen molar-refractivity contribution in [2.24, 2.45) is 4.99 Å². The first-order valence-corrected chi connectivity index (χ1v) is 2.05. The van der Waals surface area contributed by atoms with E-state index in [4.69, 9.17) is 0 Å². The van der Waals surface area contributed by atoms with E-state index < -0.39 is 0 Å². The highest BCUT2D eigenvalue weighted by Gasteiger charge is 1.98. The predicted molar refractivity (Wildman–Crippen MR) is 27.3 cm³/mol. The number of hydrogen-bond donors (Lipinski definition) is 0. The second kappa shape index (κ2) is 1.30. The molecule has 0 N–H and O–H groups in total. The third-order valence-electron chi connectivity index (χ3n) is 0.747. The van der Waals surface area contributed by atoms with Gasteiger partial charge >= 0.3 is 0 Å². The molecule has 36 valence electrons. The second-order valence-electron chi connectivity index (χ2n) is 1.45. The van der Waals surface area contributed by atoms with Crippen LogP contribution in [0.5, 0.6) is 0 Å². The molecule has 0 amide bonds. The van der Waals surface area contributed by atoms with Crippen molar-refractivity contribution in [1.29, 1.82) is 0 Å².